The molecule has 0 aromatic heterocycles. The van der Waals surface area contributed by atoms with Crippen molar-refractivity contribution in [3.05, 3.63) is 23.3 Å². The maximum Gasteiger partial charge on any atom is 0.0381 e. The van der Waals surface area contributed by atoms with Crippen LogP contribution in [0, 0.1) is 12.0 Å². The molecule has 0 spiro atoms. The average Bonchev–Trinajstić information content (AvgIpc) is 2.10. The van der Waals surface area contributed by atoms with Crippen molar-refractivity contribution in [3.8, 4) is 12.0 Å². The van der Waals surface area contributed by atoms with E-state index in [1.165, 1.54) is 5.57 Å². The molecule has 0 N–H and O–H groups in total. The molecule has 0 aliphatic carbocycles. The first kappa shape index (κ1) is 10.7. The fourth-order valence-corrected chi connectivity index (χ4v) is 0.554. The van der Waals surface area contributed by atoms with Crippen LogP contribution in [0.4, 0.5) is 0 Å². The molecular formula is C11H15N. The number of hydrogen-bond donors (Lipinski definition) is 0. The fraction of sp³-hybridized carbons (Fsp3) is 0.364. The van der Waals surface area contributed by atoms with Gasteiger partial charge in [-0.1, -0.05) is 24.6 Å². The lowest BCUT2D eigenvalue weighted by Gasteiger charge is -1.89. The van der Waals surface area contributed by atoms with Gasteiger partial charge < -0.3 is 0 Å². The zero-order valence-electron chi connectivity index (χ0n) is 8.02. The molecule has 64 valence electrons. The summed E-state index contributed by atoms with van der Waals surface area (Å²) in [5.41, 5.74) is 2.36. The van der Waals surface area contributed by atoms with E-state index in [9.17, 15) is 0 Å². The molecule has 0 aliphatic rings. The molecule has 0 saturated heterocycles. The summed E-state index contributed by atoms with van der Waals surface area (Å²) in [6.45, 7) is 9.46. The standard InChI is InChI=1S/C11H15N/c1-5-10(2)6-7-11(3)8-9-12-4/h6-7H,4-5H2,1-3H3/b10-6-,11-7+. The van der Waals surface area contributed by atoms with Gasteiger partial charge in [-0.2, -0.15) is 0 Å². The van der Waals surface area contributed by atoms with E-state index >= 15 is 0 Å². The highest BCUT2D eigenvalue weighted by Crippen LogP contribution is 1.99. The van der Waals surface area contributed by atoms with Gasteiger partial charge in [-0.15, -0.1) is 0 Å². The molecule has 0 rings (SSSR count). The third-order valence-corrected chi connectivity index (χ3v) is 1.51. The Kier molecular flexibility index (Phi) is 5.73. The summed E-state index contributed by atoms with van der Waals surface area (Å²) in [4.78, 5) is 3.45. The highest BCUT2D eigenvalue weighted by atomic mass is 14.6. The Morgan fingerprint density at radius 1 is 1.42 bits per heavy atom. The monoisotopic (exact) mass is 161 g/mol. The van der Waals surface area contributed by atoms with E-state index in [0.717, 1.165) is 12.0 Å². The molecule has 0 saturated carbocycles. The Morgan fingerprint density at radius 3 is 2.58 bits per heavy atom. The Morgan fingerprint density at radius 2 is 2.08 bits per heavy atom. The predicted octanol–water partition coefficient (Wildman–Crippen LogP) is 2.95. The fourth-order valence-electron chi connectivity index (χ4n) is 0.554. The van der Waals surface area contributed by atoms with Crippen molar-refractivity contribution in [2.45, 2.75) is 27.2 Å². The van der Waals surface area contributed by atoms with Gasteiger partial charge in [0.05, 0.1) is 0 Å². The molecule has 1 nitrogen and oxygen atoms in total. The van der Waals surface area contributed by atoms with Crippen LogP contribution in [-0.4, -0.2) is 6.72 Å². The van der Waals surface area contributed by atoms with E-state index in [0.29, 0.717) is 0 Å². The summed E-state index contributed by atoms with van der Waals surface area (Å²) in [7, 11) is 0. The molecule has 0 fully saturated rings. The Bertz CT molecular complexity index is 258. The van der Waals surface area contributed by atoms with Gasteiger partial charge >= 0.3 is 0 Å². The van der Waals surface area contributed by atoms with Gasteiger partial charge in [-0.3, -0.25) is 0 Å². The largest absolute Gasteiger partial charge is 0.214 e. The highest BCUT2D eigenvalue weighted by Gasteiger charge is 1.81. The molecule has 0 bridgehead atoms. The Balaban J connectivity index is 4.27. The zero-order valence-corrected chi connectivity index (χ0v) is 8.02. The van der Waals surface area contributed by atoms with Crippen molar-refractivity contribution >= 4 is 6.72 Å². The number of nitrogens with zero attached hydrogens (tertiary/aromatic N) is 1. The van der Waals surface area contributed by atoms with Crippen LogP contribution in [0.15, 0.2) is 28.3 Å². The molecular weight excluding hydrogens is 146 g/mol. The molecule has 0 aliphatic heterocycles. The molecule has 0 atom stereocenters. The van der Waals surface area contributed by atoms with Crippen molar-refractivity contribution in [2.75, 3.05) is 0 Å². The van der Waals surface area contributed by atoms with Gasteiger partial charge in [0.2, 0.25) is 0 Å². The quantitative estimate of drug-likeness (QED) is 0.335. The Hall–Kier alpha value is -1.29. The molecule has 0 aromatic rings. The summed E-state index contributed by atoms with van der Waals surface area (Å²) < 4.78 is 0. The summed E-state index contributed by atoms with van der Waals surface area (Å²) in [6.07, 6.45) is 5.15. The van der Waals surface area contributed by atoms with E-state index in [1.807, 2.05) is 13.0 Å². The first-order valence-electron chi connectivity index (χ1n) is 4.01. The SMILES string of the molecule is C=NC#C/C(C)=C/C=C(/C)CC. The minimum atomic E-state index is 1.01. The first-order chi connectivity index (χ1) is 5.70. The van der Waals surface area contributed by atoms with Crippen molar-refractivity contribution in [2.24, 2.45) is 4.99 Å². The van der Waals surface area contributed by atoms with Crippen LogP contribution < -0.4 is 0 Å². The summed E-state index contributed by atoms with van der Waals surface area (Å²) in [6, 6.07) is 2.56. The van der Waals surface area contributed by atoms with Crippen LogP contribution >= 0.6 is 0 Å². The second kappa shape index (κ2) is 6.42. The number of allylic oxidation sites excluding steroid dienone is 4. The summed E-state index contributed by atoms with van der Waals surface area (Å²) in [5, 5.41) is 0. The predicted molar refractivity (Wildman–Crippen MR) is 55.1 cm³/mol. The molecule has 0 unspecified atom stereocenters. The Labute approximate surface area is 74.9 Å². The average molecular weight is 161 g/mol. The van der Waals surface area contributed by atoms with Crippen molar-refractivity contribution in [1.29, 1.82) is 0 Å². The summed E-state index contributed by atoms with van der Waals surface area (Å²) in [5.74, 6) is 2.85. The van der Waals surface area contributed by atoms with Gasteiger partial charge in [-0.25, -0.2) is 4.99 Å². The van der Waals surface area contributed by atoms with Crippen molar-refractivity contribution in [3.63, 3.8) is 0 Å². The van der Waals surface area contributed by atoms with Crippen LogP contribution in [0.5, 0.6) is 0 Å². The van der Waals surface area contributed by atoms with Crippen molar-refractivity contribution < 1.29 is 0 Å². The van der Waals surface area contributed by atoms with Crippen molar-refractivity contribution in [1.82, 2.24) is 0 Å². The van der Waals surface area contributed by atoms with E-state index in [-0.39, 0.29) is 0 Å². The normalized spacial score (nSPS) is 11.9. The number of hydrogen-bond acceptors (Lipinski definition) is 1. The lowest BCUT2D eigenvalue weighted by atomic mass is 10.2. The zero-order chi connectivity index (χ0) is 9.40. The molecule has 0 radical (unpaired) electrons. The minimum Gasteiger partial charge on any atom is -0.214 e. The highest BCUT2D eigenvalue weighted by molar-refractivity contribution is 5.34. The van der Waals surface area contributed by atoms with Gasteiger partial charge in [0, 0.05) is 18.3 Å². The minimum absolute atomic E-state index is 1.01. The second-order valence-electron chi connectivity index (χ2n) is 2.61. The smallest absolute Gasteiger partial charge is 0.0381 e. The van der Waals surface area contributed by atoms with Crippen LogP contribution in [0.1, 0.15) is 27.2 Å². The molecule has 0 aromatic carbocycles. The van der Waals surface area contributed by atoms with E-state index in [4.69, 9.17) is 0 Å². The van der Waals surface area contributed by atoms with E-state index < -0.39 is 0 Å². The van der Waals surface area contributed by atoms with Crippen LogP contribution in [0.3, 0.4) is 0 Å². The van der Waals surface area contributed by atoms with Gasteiger partial charge in [0.25, 0.3) is 0 Å². The molecule has 0 heterocycles. The maximum absolute atomic E-state index is 3.45. The van der Waals surface area contributed by atoms with E-state index in [1.54, 1.807) is 0 Å². The second-order valence-corrected chi connectivity index (χ2v) is 2.61. The third-order valence-electron chi connectivity index (χ3n) is 1.51. The lowest BCUT2D eigenvalue weighted by Crippen LogP contribution is -1.71. The molecule has 12 heavy (non-hydrogen) atoms. The number of rotatable bonds is 2. The summed E-state index contributed by atoms with van der Waals surface area (Å²) >= 11 is 0. The van der Waals surface area contributed by atoms with Crippen LogP contribution in [0.25, 0.3) is 0 Å². The molecule has 0 amide bonds. The van der Waals surface area contributed by atoms with Crippen LogP contribution in [-0.2, 0) is 0 Å². The maximum atomic E-state index is 3.45. The number of aliphatic imine (C=N–C) groups is 1. The van der Waals surface area contributed by atoms with Crippen LogP contribution in [0.2, 0.25) is 0 Å². The van der Waals surface area contributed by atoms with E-state index in [2.05, 4.69) is 43.6 Å². The molecule has 1 heteroatoms. The van der Waals surface area contributed by atoms with Gasteiger partial charge in [-0.05, 0) is 26.2 Å². The third kappa shape index (κ3) is 5.49. The van der Waals surface area contributed by atoms with Gasteiger partial charge in [0.1, 0.15) is 0 Å². The first-order valence-corrected chi connectivity index (χ1v) is 4.01. The van der Waals surface area contributed by atoms with Gasteiger partial charge in [0.15, 0.2) is 0 Å². The lowest BCUT2D eigenvalue weighted by molar-refractivity contribution is 1.10. The topological polar surface area (TPSA) is 12.4 Å².